The van der Waals surface area contributed by atoms with E-state index in [2.05, 4.69) is 50.7 Å². The molecule has 126 valence electrons. The number of nitrogens with one attached hydrogen (secondary N) is 1. The molecule has 2 unspecified atom stereocenters. The zero-order valence-electron chi connectivity index (χ0n) is 15.2. The Morgan fingerprint density at radius 1 is 1.32 bits per heavy atom. The average Bonchev–Trinajstić information content (AvgIpc) is 2.69. The number of ether oxygens (including phenoxy) is 1. The van der Waals surface area contributed by atoms with E-state index in [-0.39, 0.29) is 29.7 Å². The van der Waals surface area contributed by atoms with Gasteiger partial charge in [0.15, 0.2) is 0 Å². The number of amides is 1. The second-order valence-electron chi connectivity index (χ2n) is 7.44. The van der Waals surface area contributed by atoms with Crippen molar-refractivity contribution in [2.24, 2.45) is 0 Å². The van der Waals surface area contributed by atoms with Crippen molar-refractivity contribution in [2.75, 3.05) is 0 Å². The van der Waals surface area contributed by atoms with Crippen LogP contribution in [0.1, 0.15) is 72.2 Å². The first-order chi connectivity index (χ1) is 10.0. The van der Waals surface area contributed by atoms with Gasteiger partial charge in [-0.05, 0) is 61.0 Å². The highest BCUT2D eigenvalue weighted by Gasteiger charge is 2.21. The molecule has 0 aliphatic rings. The standard InChI is InChI=1S/C17H31N3O2/c1-11(2)18-16(21)22-14(5)9-12(3)15-10-13(4)20(19-15)17(6,7)8/h10-12,14H,9H2,1-8H3,(H,18,21). The van der Waals surface area contributed by atoms with Crippen LogP contribution in [0.15, 0.2) is 6.07 Å². The Labute approximate surface area is 134 Å². The van der Waals surface area contributed by atoms with Gasteiger partial charge in [0, 0.05) is 17.7 Å². The van der Waals surface area contributed by atoms with Crippen molar-refractivity contribution in [3.63, 3.8) is 0 Å². The van der Waals surface area contributed by atoms with Crippen molar-refractivity contribution in [1.29, 1.82) is 0 Å². The van der Waals surface area contributed by atoms with Crippen molar-refractivity contribution in [1.82, 2.24) is 15.1 Å². The molecule has 0 saturated heterocycles. The fourth-order valence-electron chi connectivity index (χ4n) is 2.54. The summed E-state index contributed by atoms with van der Waals surface area (Å²) in [5.74, 6) is 0.240. The van der Waals surface area contributed by atoms with E-state index in [1.54, 1.807) is 0 Å². The molecule has 0 aromatic carbocycles. The summed E-state index contributed by atoms with van der Waals surface area (Å²) in [5, 5.41) is 7.46. The lowest BCUT2D eigenvalue weighted by Crippen LogP contribution is -2.33. The molecule has 0 aliphatic heterocycles. The Balaban J connectivity index is 2.65. The van der Waals surface area contributed by atoms with E-state index in [1.807, 2.05) is 20.8 Å². The number of rotatable bonds is 5. The van der Waals surface area contributed by atoms with Gasteiger partial charge in [0.25, 0.3) is 0 Å². The van der Waals surface area contributed by atoms with Gasteiger partial charge in [-0.2, -0.15) is 5.10 Å². The lowest BCUT2D eigenvalue weighted by Gasteiger charge is -2.21. The lowest BCUT2D eigenvalue weighted by atomic mass is 10.0. The van der Waals surface area contributed by atoms with E-state index >= 15 is 0 Å². The third-order valence-electron chi connectivity index (χ3n) is 3.45. The molecule has 1 rings (SSSR count). The second kappa shape index (κ2) is 7.16. The number of nitrogens with zero attached hydrogens (tertiary/aromatic N) is 2. The number of aromatic nitrogens is 2. The third-order valence-corrected chi connectivity index (χ3v) is 3.45. The van der Waals surface area contributed by atoms with Crippen molar-refractivity contribution in [3.8, 4) is 0 Å². The van der Waals surface area contributed by atoms with Gasteiger partial charge in [-0.1, -0.05) is 6.92 Å². The molecule has 1 aromatic heterocycles. The van der Waals surface area contributed by atoms with Gasteiger partial charge >= 0.3 is 6.09 Å². The van der Waals surface area contributed by atoms with E-state index in [1.165, 1.54) is 0 Å². The largest absolute Gasteiger partial charge is 0.447 e. The van der Waals surface area contributed by atoms with E-state index < -0.39 is 0 Å². The summed E-state index contributed by atoms with van der Waals surface area (Å²) in [6.07, 6.45) is 0.256. The molecule has 1 amide bonds. The first-order valence-electron chi connectivity index (χ1n) is 8.05. The Hall–Kier alpha value is -1.52. The van der Waals surface area contributed by atoms with Crippen molar-refractivity contribution < 1.29 is 9.53 Å². The number of carbonyl (C=O) groups is 1. The Bertz CT molecular complexity index is 500. The summed E-state index contributed by atoms with van der Waals surface area (Å²) in [4.78, 5) is 11.6. The maximum absolute atomic E-state index is 11.6. The van der Waals surface area contributed by atoms with Gasteiger partial charge in [-0.15, -0.1) is 0 Å². The van der Waals surface area contributed by atoms with Crippen LogP contribution in [-0.4, -0.2) is 28.0 Å². The topological polar surface area (TPSA) is 56.1 Å². The van der Waals surface area contributed by atoms with E-state index in [9.17, 15) is 4.79 Å². The van der Waals surface area contributed by atoms with Crippen molar-refractivity contribution in [3.05, 3.63) is 17.5 Å². The van der Waals surface area contributed by atoms with Crippen LogP contribution in [0.2, 0.25) is 0 Å². The molecule has 5 nitrogen and oxygen atoms in total. The Morgan fingerprint density at radius 3 is 2.36 bits per heavy atom. The van der Waals surface area contributed by atoms with Gasteiger partial charge in [0.2, 0.25) is 0 Å². The van der Waals surface area contributed by atoms with Crippen LogP contribution >= 0.6 is 0 Å². The fourth-order valence-corrected chi connectivity index (χ4v) is 2.54. The quantitative estimate of drug-likeness (QED) is 0.895. The van der Waals surface area contributed by atoms with Gasteiger partial charge in [0.1, 0.15) is 6.10 Å². The molecule has 0 saturated carbocycles. The van der Waals surface area contributed by atoms with Gasteiger partial charge in [0.05, 0.1) is 11.2 Å². The summed E-state index contributed by atoms with van der Waals surface area (Å²) in [7, 11) is 0. The minimum atomic E-state index is -0.355. The third kappa shape index (κ3) is 5.35. The fraction of sp³-hybridized carbons (Fsp3) is 0.765. The molecule has 2 atom stereocenters. The van der Waals surface area contributed by atoms with Crippen LogP contribution in [0, 0.1) is 6.92 Å². The van der Waals surface area contributed by atoms with E-state index in [4.69, 9.17) is 9.84 Å². The minimum Gasteiger partial charge on any atom is -0.447 e. The van der Waals surface area contributed by atoms with Crippen LogP contribution in [0.5, 0.6) is 0 Å². The van der Waals surface area contributed by atoms with Crippen LogP contribution in [0.4, 0.5) is 4.79 Å². The zero-order valence-corrected chi connectivity index (χ0v) is 15.2. The lowest BCUT2D eigenvalue weighted by molar-refractivity contribution is 0.0968. The number of hydrogen-bond donors (Lipinski definition) is 1. The predicted octanol–water partition coefficient (Wildman–Crippen LogP) is 3.96. The van der Waals surface area contributed by atoms with Gasteiger partial charge < -0.3 is 10.1 Å². The summed E-state index contributed by atoms with van der Waals surface area (Å²) >= 11 is 0. The molecule has 5 heteroatoms. The average molecular weight is 309 g/mol. The van der Waals surface area contributed by atoms with Gasteiger partial charge in [-0.25, -0.2) is 4.79 Å². The molecule has 1 N–H and O–H groups in total. The smallest absolute Gasteiger partial charge is 0.407 e. The molecule has 1 heterocycles. The Kier molecular flexibility index (Phi) is 6.03. The van der Waals surface area contributed by atoms with Crippen molar-refractivity contribution in [2.45, 2.75) is 85.4 Å². The minimum absolute atomic E-state index is 0.0265. The SMILES string of the molecule is Cc1cc(C(C)CC(C)OC(=O)NC(C)C)nn1C(C)(C)C. The first-order valence-corrected chi connectivity index (χ1v) is 8.05. The van der Waals surface area contributed by atoms with Crippen LogP contribution < -0.4 is 5.32 Å². The maximum atomic E-state index is 11.6. The number of hydrogen-bond acceptors (Lipinski definition) is 3. The Morgan fingerprint density at radius 2 is 1.91 bits per heavy atom. The molecule has 22 heavy (non-hydrogen) atoms. The molecule has 0 spiro atoms. The number of alkyl carbamates (subject to hydrolysis) is 1. The highest BCUT2D eigenvalue weighted by atomic mass is 16.6. The molecular formula is C17H31N3O2. The second-order valence-corrected chi connectivity index (χ2v) is 7.44. The summed E-state index contributed by atoms with van der Waals surface area (Å²) in [6.45, 7) is 16.4. The van der Waals surface area contributed by atoms with Gasteiger partial charge in [-0.3, -0.25) is 4.68 Å². The molecule has 1 aromatic rings. The molecule has 0 fully saturated rings. The van der Waals surface area contributed by atoms with E-state index in [0.29, 0.717) is 0 Å². The molecule has 0 radical (unpaired) electrons. The van der Waals surface area contributed by atoms with Crippen LogP contribution in [0.3, 0.4) is 0 Å². The zero-order chi connectivity index (χ0) is 17.1. The highest BCUT2D eigenvalue weighted by Crippen LogP contribution is 2.24. The first kappa shape index (κ1) is 18.5. The number of carbonyl (C=O) groups excluding carboxylic acids is 1. The van der Waals surface area contributed by atoms with E-state index in [0.717, 1.165) is 17.8 Å². The highest BCUT2D eigenvalue weighted by molar-refractivity contribution is 5.67. The summed E-state index contributed by atoms with van der Waals surface area (Å²) in [5.41, 5.74) is 2.18. The summed E-state index contributed by atoms with van der Waals surface area (Å²) in [6, 6.07) is 2.21. The van der Waals surface area contributed by atoms with Crippen LogP contribution in [-0.2, 0) is 10.3 Å². The maximum Gasteiger partial charge on any atom is 0.407 e. The normalized spacial score (nSPS) is 14.8. The summed E-state index contributed by atoms with van der Waals surface area (Å²) < 4.78 is 7.42. The predicted molar refractivity (Wildman–Crippen MR) is 89.2 cm³/mol. The molecule has 0 bridgehead atoms. The molecular weight excluding hydrogens is 278 g/mol. The molecule has 0 aliphatic carbocycles. The van der Waals surface area contributed by atoms with Crippen molar-refractivity contribution >= 4 is 6.09 Å². The monoisotopic (exact) mass is 309 g/mol. The number of aryl methyl sites for hydroxylation is 1. The van der Waals surface area contributed by atoms with Crippen LogP contribution in [0.25, 0.3) is 0 Å².